The monoisotopic (exact) mass is 1150 g/mol. The van der Waals surface area contributed by atoms with Crippen LogP contribution in [0.3, 0.4) is 0 Å². The number of aliphatic carboxylic acids is 2. The summed E-state index contributed by atoms with van der Waals surface area (Å²) < 4.78 is 101. The van der Waals surface area contributed by atoms with E-state index in [0.717, 1.165) is 78.1 Å². The molecule has 0 unspecified atom stereocenters. The topological polar surface area (TPSA) is 236 Å². The SMILES string of the molecule is CCCOC(=O)c1cccc(N2CCc3cc(C[C@@H](C)NCCOc4ccccc4OCC(F)(F)F)cc(C#N)c32)c1.C[C@H](Cc1cc(C#N)c2c(c1)CCN2CCCO)NCCOc1ccccc1OCC(F)(F)F.O=C(O)C(=O)O. The predicted molar refractivity (Wildman–Crippen MR) is 292 cm³/mol. The lowest BCUT2D eigenvalue weighted by atomic mass is 9.99. The first-order valence-corrected chi connectivity index (χ1v) is 26.4. The van der Waals surface area contributed by atoms with Crippen LogP contribution in [0.1, 0.15) is 77.4 Å². The van der Waals surface area contributed by atoms with E-state index in [1.54, 1.807) is 48.5 Å². The number of rotatable bonds is 25. The standard InChI is InChI=1S/C32H34F3N3O4.C25H30F3N3O3.C2H2O4/c1-3-14-41-31(39)25-7-6-8-27(19-25)38-13-11-24-17-23(18-26(20-36)30(24)38)16-22(2)37-12-15-40-28-9-4-5-10-29(28)42-21-32(33,34)35;1-18(30-8-12-33-22-5-2-3-6-23(22)34-17-25(26,27)28)13-19-14-20-7-10-31(9-4-11-32)24(20)21(15-19)16-29;3-1(4)2(5)6/h4-10,17-19,22,37H,3,11-16,21H2,1-2H3;2-3,5-6,14-15,18,30,32H,4,7-13,17H2,1H3;(H,3,4)(H,5,6)/t22-;18-;/m11./s1. The number of carbonyl (C=O) groups is 3. The minimum Gasteiger partial charge on any atom is -0.488 e. The molecule has 0 fully saturated rings. The second kappa shape index (κ2) is 31.7. The Labute approximate surface area is 471 Å². The van der Waals surface area contributed by atoms with Gasteiger partial charge in [0.2, 0.25) is 0 Å². The zero-order valence-corrected chi connectivity index (χ0v) is 45.6. The number of nitrogens with zero attached hydrogens (tertiary/aromatic N) is 4. The fourth-order valence-electron chi connectivity index (χ4n) is 9.01. The largest absolute Gasteiger partial charge is 0.488 e. The lowest BCUT2D eigenvalue weighted by Gasteiger charge is -2.22. The Hall–Kier alpha value is -8.25. The summed E-state index contributed by atoms with van der Waals surface area (Å²) in [6.45, 7) is 7.51. The highest BCUT2D eigenvalue weighted by Gasteiger charge is 2.31. The number of aliphatic hydroxyl groups is 1. The van der Waals surface area contributed by atoms with Crippen LogP contribution in [0, 0.1) is 22.7 Å². The van der Waals surface area contributed by atoms with E-state index in [1.165, 1.54) is 12.1 Å². The van der Waals surface area contributed by atoms with Gasteiger partial charge in [0.05, 0.1) is 34.7 Å². The lowest BCUT2D eigenvalue weighted by molar-refractivity contribution is -0.159. The summed E-state index contributed by atoms with van der Waals surface area (Å²) in [6.07, 6.45) is -4.36. The smallest absolute Gasteiger partial charge is 0.422 e. The highest BCUT2D eigenvalue weighted by atomic mass is 19.4. The lowest BCUT2D eigenvalue weighted by Crippen LogP contribution is -2.32. The van der Waals surface area contributed by atoms with E-state index < -0.39 is 37.5 Å². The molecule has 2 heterocycles. The molecule has 2 aliphatic heterocycles. The Morgan fingerprint density at radius 3 is 1.59 bits per heavy atom. The number of nitriles is 2. The number of alkyl halides is 6. The van der Waals surface area contributed by atoms with Crippen molar-refractivity contribution in [3.05, 3.63) is 136 Å². The molecule has 0 saturated heterocycles. The van der Waals surface area contributed by atoms with Crippen LogP contribution < -0.4 is 39.4 Å². The van der Waals surface area contributed by atoms with Gasteiger partial charge in [0.1, 0.15) is 25.4 Å². The van der Waals surface area contributed by atoms with Gasteiger partial charge in [0.25, 0.3) is 0 Å². The number of hydrogen-bond acceptors (Lipinski definition) is 15. The number of halogens is 6. The van der Waals surface area contributed by atoms with Crippen LogP contribution in [0.25, 0.3) is 0 Å². The van der Waals surface area contributed by atoms with Gasteiger partial charge in [-0.25, -0.2) is 14.4 Å². The average Bonchev–Trinajstić information content (AvgIpc) is 4.29. The Bertz CT molecular complexity index is 2990. The summed E-state index contributed by atoms with van der Waals surface area (Å²) >= 11 is 0. The fourth-order valence-corrected chi connectivity index (χ4v) is 9.01. The Kier molecular flexibility index (Phi) is 24.9. The first kappa shape index (κ1) is 64.6. The Morgan fingerprint density at radius 2 is 1.12 bits per heavy atom. The molecule has 0 bridgehead atoms. The number of aliphatic hydroxyl groups excluding tert-OH is 1. The van der Waals surface area contributed by atoms with E-state index in [4.69, 9.17) is 48.6 Å². The number of fused-ring (bicyclic) bond motifs is 2. The number of hydrogen-bond donors (Lipinski definition) is 5. The summed E-state index contributed by atoms with van der Waals surface area (Å²) in [5.41, 5.74) is 8.74. The van der Waals surface area contributed by atoms with Crippen molar-refractivity contribution in [2.75, 3.05) is 82.2 Å². The van der Waals surface area contributed by atoms with Crippen molar-refractivity contribution in [1.29, 1.82) is 10.5 Å². The minimum absolute atomic E-state index is 0.0437. The van der Waals surface area contributed by atoms with E-state index in [2.05, 4.69) is 44.7 Å². The van der Waals surface area contributed by atoms with Crippen LogP contribution >= 0.6 is 0 Å². The number of para-hydroxylation sites is 4. The van der Waals surface area contributed by atoms with E-state index >= 15 is 0 Å². The number of esters is 1. The average molecular weight is 1150 g/mol. The van der Waals surface area contributed by atoms with Crippen LogP contribution in [0.4, 0.5) is 43.4 Å². The molecule has 0 aromatic heterocycles. The van der Waals surface area contributed by atoms with E-state index in [-0.39, 0.29) is 60.9 Å². The van der Waals surface area contributed by atoms with Gasteiger partial charge in [-0.05, 0) is 129 Å². The van der Waals surface area contributed by atoms with Gasteiger partial charge < -0.3 is 59.4 Å². The van der Waals surface area contributed by atoms with Gasteiger partial charge in [0, 0.05) is 57.1 Å². The number of carboxylic acids is 2. The molecule has 7 rings (SSSR count). The maximum atomic E-state index is 12.5. The van der Waals surface area contributed by atoms with Crippen LogP contribution in [-0.2, 0) is 40.0 Å². The van der Waals surface area contributed by atoms with Crippen LogP contribution in [0.2, 0.25) is 0 Å². The summed E-state index contributed by atoms with van der Waals surface area (Å²) in [4.78, 5) is 34.8. The number of carboxylic acid groups (broad SMARTS) is 2. The first-order chi connectivity index (χ1) is 39.1. The molecular weight excluding hydrogens is 1080 g/mol. The van der Waals surface area contributed by atoms with Gasteiger partial charge >= 0.3 is 30.3 Å². The van der Waals surface area contributed by atoms with E-state index in [1.807, 2.05) is 45.0 Å². The van der Waals surface area contributed by atoms with Crippen LogP contribution in [0.5, 0.6) is 23.0 Å². The molecule has 440 valence electrons. The summed E-state index contributed by atoms with van der Waals surface area (Å²) in [6, 6.07) is 32.8. The number of ether oxygens (including phenoxy) is 5. The number of anilines is 3. The van der Waals surface area contributed by atoms with Gasteiger partial charge in [-0.15, -0.1) is 0 Å². The van der Waals surface area contributed by atoms with Crippen molar-refractivity contribution in [2.45, 2.75) is 83.7 Å². The fraction of sp³-hybridized carbons (Fsp3) is 0.407. The zero-order chi connectivity index (χ0) is 59.8. The van der Waals surface area contributed by atoms with Crippen LogP contribution in [-0.4, -0.2) is 130 Å². The molecule has 0 spiro atoms. The molecule has 2 aliphatic rings. The van der Waals surface area contributed by atoms with Gasteiger partial charge in [-0.1, -0.05) is 49.4 Å². The number of carbonyl (C=O) groups excluding carboxylic acids is 1. The Balaban J connectivity index is 0.000000278. The quantitative estimate of drug-likeness (QED) is 0.0158. The molecule has 2 atom stereocenters. The third-order valence-corrected chi connectivity index (χ3v) is 12.4. The minimum atomic E-state index is -4.43. The second-order valence-corrected chi connectivity index (χ2v) is 19.1. The molecular formula is C59H66F6N6O11. The third kappa shape index (κ3) is 20.7. The van der Waals surface area contributed by atoms with Gasteiger partial charge in [0.15, 0.2) is 36.2 Å². The maximum absolute atomic E-state index is 12.5. The van der Waals surface area contributed by atoms with E-state index in [0.29, 0.717) is 55.8 Å². The van der Waals surface area contributed by atoms with Crippen molar-refractivity contribution in [1.82, 2.24) is 10.6 Å². The Morgan fingerprint density at radius 1 is 0.646 bits per heavy atom. The summed E-state index contributed by atoms with van der Waals surface area (Å²) in [5.74, 6) is -3.39. The van der Waals surface area contributed by atoms with Gasteiger partial charge in [-0.2, -0.15) is 36.9 Å². The molecule has 5 aromatic carbocycles. The normalized spacial score (nSPS) is 13.1. The number of benzene rings is 5. The molecule has 0 saturated carbocycles. The molecule has 17 nitrogen and oxygen atoms in total. The molecule has 5 N–H and O–H groups in total. The number of nitrogens with one attached hydrogen (secondary N) is 2. The molecule has 82 heavy (non-hydrogen) atoms. The molecule has 0 aliphatic carbocycles. The zero-order valence-electron chi connectivity index (χ0n) is 45.6. The maximum Gasteiger partial charge on any atom is 0.422 e. The van der Waals surface area contributed by atoms with Crippen molar-refractivity contribution in [2.24, 2.45) is 0 Å². The molecule has 0 amide bonds. The molecule has 23 heteroatoms. The first-order valence-electron chi connectivity index (χ1n) is 26.4. The van der Waals surface area contributed by atoms with E-state index in [9.17, 15) is 41.7 Å². The van der Waals surface area contributed by atoms with Gasteiger partial charge in [-0.3, -0.25) is 0 Å². The van der Waals surface area contributed by atoms with Crippen molar-refractivity contribution >= 4 is 35.0 Å². The van der Waals surface area contributed by atoms with Crippen LogP contribution in [0.15, 0.2) is 97.1 Å². The van der Waals surface area contributed by atoms with Crippen molar-refractivity contribution < 1.29 is 79.7 Å². The summed E-state index contributed by atoms with van der Waals surface area (Å²) in [7, 11) is 0. The summed E-state index contributed by atoms with van der Waals surface area (Å²) in [5, 5.41) is 50.3. The van der Waals surface area contributed by atoms with Crippen molar-refractivity contribution in [3.8, 4) is 35.1 Å². The third-order valence-electron chi connectivity index (χ3n) is 12.4. The molecule has 5 aromatic rings. The predicted octanol–water partition coefficient (Wildman–Crippen LogP) is 9.36. The highest BCUT2D eigenvalue weighted by molar-refractivity contribution is 6.27. The van der Waals surface area contributed by atoms with Crippen molar-refractivity contribution in [3.63, 3.8) is 0 Å². The second-order valence-electron chi connectivity index (χ2n) is 19.1. The molecule has 0 radical (unpaired) electrons. The highest BCUT2D eigenvalue weighted by Crippen LogP contribution is 2.39.